The van der Waals surface area contributed by atoms with Gasteiger partial charge >= 0.3 is 0 Å². The lowest BCUT2D eigenvalue weighted by Crippen LogP contribution is -2.27. The molecule has 6 nitrogen and oxygen atoms in total. The summed E-state index contributed by atoms with van der Waals surface area (Å²) in [5, 5.41) is 4.39. The van der Waals surface area contributed by atoms with E-state index in [1.54, 1.807) is 17.8 Å². The van der Waals surface area contributed by atoms with Crippen molar-refractivity contribution in [2.45, 2.75) is 25.9 Å². The minimum Gasteiger partial charge on any atom is -0.312 e. The molecule has 0 bridgehead atoms. The van der Waals surface area contributed by atoms with Crippen LogP contribution in [0.1, 0.15) is 23.7 Å². The first-order valence-corrected chi connectivity index (χ1v) is 6.86. The van der Waals surface area contributed by atoms with Gasteiger partial charge in [0.15, 0.2) is 0 Å². The van der Waals surface area contributed by atoms with Gasteiger partial charge in [-0.1, -0.05) is 0 Å². The van der Waals surface area contributed by atoms with E-state index < -0.39 is 0 Å². The Hall–Kier alpha value is -1.95. The van der Waals surface area contributed by atoms with Crippen LogP contribution in [-0.4, -0.2) is 37.3 Å². The first-order chi connectivity index (χ1) is 9.63. The SMILES string of the molecule is Cc1cnn(C2CCN(Cc3cncc(=O)n3C)C2)c1. The molecule has 0 aromatic carbocycles. The van der Waals surface area contributed by atoms with E-state index in [0.29, 0.717) is 6.04 Å². The highest BCUT2D eigenvalue weighted by Gasteiger charge is 2.24. The van der Waals surface area contributed by atoms with E-state index in [1.165, 1.54) is 11.8 Å². The third-order valence-corrected chi connectivity index (χ3v) is 3.91. The fourth-order valence-electron chi connectivity index (χ4n) is 2.68. The van der Waals surface area contributed by atoms with Crippen molar-refractivity contribution in [3.05, 3.63) is 46.4 Å². The second-order valence-electron chi connectivity index (χ2n) is 5.47. The number of hydrogen-bond acceptors (Lipinski definition) is 4. The van der Waals surface area contributed by atoms with E-state index in [4.69, 9.17) is 0 Å². The van der Waals surface area contributed by atoms with Crippen molar-refractivity contribution in [2.75, 3.05) is 13.1 Å². The average molecular weight is 273 g/mol. The molecule has 0 spiro atoms. The molecule has 1 fully saturated rings. The van der Waals surface area contributed by atoms with Crippen molar-refractivity contribution in [2.24, 2.45) is 7.05 Å². The summed E-state index contributed by atoms with van der Waals surface area (Å²) >= 11 is 0. The Balaban J connectivity index is 1.69. The molecular formula is C14H19N5O. The maximum atomic E-state index is 11.6. The Labute approximate surface area is 117 Å². The molecule has 1 unspecified atom stereocenters. The van der Waals surface area contributed by atoms with E-state index in [1.807, 2.05) is 6.20 Å². The maximum Gasteiger partial charge on any atom is 0.268 e. The minimum atomic E-state index is -0.0547. The van der Waals surface area contributed by atoms with Gasteiger partial charge in [0.2, 0.25) is 0 Å². The summed E-state index contributed by atoms with van der Waals surface area (Å²) in [6.07, 6.45) is 8.20. The molecule has 0 saturated carbocycles. The standard InChI is InChI=1S/C14H19N5O/c1-11-5-16-19(8-11)12-3-4-18(9-12)10-13-6-15-7-14(20)17(13)2/h5-8,12H,3-4,9-10H2,1-2H3. The fraction of sp³-hybridized carbons (Fsp3) is 0.500. The van der Waals surface area contributed by atoms with Crippen LogP contribution in [0.2, 0.25) is 0 Å². The van der Waals surface area contributed by atoms with E-state index >= 15 is 0 Å². The van der Waals surface area contributed by atoms with Gasteiger partial charge in [0.25, 0.3) is 5.56 Å². The first kappa shape index (κ1) is 13.1. The summed E-state index contributed by atoms with van der Waals surface area (Å²) in [5.74, 6) is 0. The molecule has 1 aliphatic rings. The van der Waals surface area contributed by atoms with Crippen molar-refractivity contribution in [1.82, 2.24) is 24.2 Å². The number of aromatic nitrogens is 4. The highest BCUT2D eigenvalue weighted by Crippen LogP contribution is 2.22. The second kappa shape index (κ2) is 5.20. The zero-order valence-electron chi connectivity index (χ0n) is 11.9. The molecule has 1 aliphatic heterocycles. The first-order valence-electron chi connectivity index (χ1n) is 6.86. The molecule has 3 rings (SSSR count). The van der Waals surface area contributed by atoms with Gasteiger partial charge < -0.3 is 4.57 Å². The van der Waals surface area contributed by atoms with Crippen LogP contribution in [0.3, 0.4) is 0 Å². The Morgan fingerprint density at radius 1 is 1.35 bits per heavy atom. The van der Waals surface area contributed by atoms with Crippen LogP contribution < -0.4 is 5.56 Å². The number of hydrogen-bond donors (Lipinski definition) is 0. The molecule has 0 radical (unpaired) electrons. The van der Waals surface area contributed by atoms with E-state index in [2.05, 4.69) is 32.8 Å². The quantitative estimate of drug-likeness (QED) is 0.827. The van der Waals surface area contributed by atoms with Gasteiger partial charge in [-0.15, -0.1) is 0 Å². The third-order valence-electron chi connectivity index (χ3n) is 3.91. The van der Waals surface area contributed by atoms with Crippen molar-refractivity contribution >= 4 is 0 Å². The number of likely N-dealkylation sites (tertiary alicyclic amines) is 1. The largest absolute Gasteiger partial charge is 0.312 e. The molecule has 6 heteroatoms. The Kier molecular flexibility index (Phi) is 3.40. The van der Waals surface area contributed by atoms with Crippen molar-refractivity contribution in [3.63, 3.8) is 0 Å². The van der Waals surface area contributed by atoms with Gasteiger partial charge in [0, 0.05) is 39.1 Å². The molecule has 0 N–H and O–H groups in total. The topological polar surface area (TPSA) is 56.0 Å². The van der Waals surface area contributed by atoms with Crippen LogP contribution in [0.5, 0.6) is 0 Å². The van der Waals surface area contributed by atoms with Crippen LogP contribution in [0.15, 0.2) is 29.6 Å². The number of aryl methyl sites for hydroxylation is 1. The predicted molar refractivity (Wildman–Crippen MR) is 75.4 cm³/mol. The summed E-state index contributed by atoms with van der Waals surface area (Å²) in [5.41, 5.74) is 2.09. The Morgan fingerprint density at radius 3 is 2.95 bits per heavy atom. The van der Waals surface area contributed by atoms with E-state index in [9.17, 15) is 4.79 Å². The van der Waals surface area contributed by atoms with Crippen LogP contribution in [0.25, 0.3) is 0 Å². The van der Waals surface area contributed by atoms with Crippen molar-refractivity contribution < 1.29 is 0 Å². The summed E-state index contributed by atoms with van der Waals surface area (Å²) in [6, 6.07) is 0.428. The Bertz CT molecular complexity index is 660. The molecule has 106 valence electrons. The van der Waals surface area contributed by atoms with Crippen molar-refractivity contribution in [3.8, 4) is 0 Å². The summed E-state index contributed by atoms with van der Waals surface area (Å²) in [4.78, 5) is 17.9. The van der Waals surface area contributed by atoms with Gasteiger partial charge in [0.1, 0.15) is 0 Å². The lowest BCUT2D eigenvalue weighted by Gasteiger charge is -2.17. The molecule has 2 aromatic heterocycles. The van der Waals surface area contributed by atoms with Crippen LogP contribution in [-0.2, 0) is 13.6 Å². The van der Waals surface area contributed by atoms with E-state index in [-0.39, 0.29) is 5.56 Å². The number of rotatable bonds is 3. The molecule has 0 amide bonds. The monoisotopic (exact) mass is 273 g/mol. The molecule has 3 heterocycles. The minimum absolute atomic E-state index is 0.0547. The van der Waals surface area contributed by atoms with Gasteiger partial charge in [-0.3, -0.25) is 19.4 Å². The smallest absolute Gasteiger partial charge is 0.268 e. The van der Waals surface area contributed by atoms with Gasteiger partial charge in [-0.2, -0.15) is 5.10 Å². The average Bonchev–Trinajstić information content (AvgIpc) is 3.04. The molecular weight excluding hydrogens is 254 g/mol. The fourth-order valence-corrected chi connectivity index (χ4v) is 2.68. The number of nitrogens with zero attached hydrogens (tertiary/aromatic N) is 5. The molecule has 2 aromatic rings. The zero-order valence-corrected chi connectivity index (χ0v) is 11.9. The lowest BCUT2D eigenvalue weighted by molar-refractivity contribution is 0.303. The predicted octanol–water partition coefficient (Wildman–Crippen LogP) is 0.732. The zero-order chi connectivity index (χ0) is 14.1. The molecule has 1 atom stereocenters. The van der Waals surface area contributed by atoms with Gasteiger partial charge in [0.05, 0.1) is 24.1 Å². The molecule has 0 aliphatic carbocycles. The van der Waals surface area contributed by atoms with Crippen LogP contribution in [0, 0.1) is 6.92 Å². The second-order valence-corrected chi connectivity index (χ2v) is 5.47. The highest BCUT2D eigenvalue weighted by molar-refractivity contribution is 5.02. The maximum absolute atomic E-state index is 11.6. The van der Waals surface area contributed by atoms with E-state index in [0.717, 1.165) is 31.7 Å². The molecule has 20 heavy (non-hydrogen) atoms. The summed E-state index contributed by atoms with van der Waals surface area (Å²) < 4.78 is 3.72. The highest BCUT2D eigenvalue weighted by atomic mass is 16.1. The van der Waals surface area contributed by atoms with Gasteiger partial charge in [-0.05, 0) is 18.9 Å². The van der Waals surface area contributed by atoms with Crippen molar-refractivity contribution in [1.29, 1.82) is 0 Å². The normalized spacial score (nSPS) is 19.6. The van der Waals surface area contributed by atoms with Crippen LogP contribution in [0.4, 0.5) is 0 Å². The van der Waals surface area contributed by atoms with Crippen LogP contribution >= 0.6 is 0 Å². The van der Waals surface area contributed by atoms with Gasteiger partial charge in [-0.25, -0.2) is 0 Å². The molecule has 1 saturated heterocycles. The Morgan fingerprint density at radius 2 is 2.20 bits per heavy atom. The lowest BCUT2D eigenvalue weighted by atomic mass is 10.3. The summed E-state index contributed by atoms with van der Waals surface area (Å²) in [7, 11) is 1.80. The third kappa shape index (κ3) is 2.51. The summed E-state index contributed by atoms with van der Waals surface area (Å²) in [6.45, 7) is 4.80.